The lowest BCUT2D eigenvalue weighted by molar-refractivity contribution is -0.178. The second-order valence-electron chi connectivity index (χ2n) is 9.82. The zero-order valence-corrected chi connectivity index (χ0v) is 21.6. The molecule has 4 N–H and O–H groups in total. The number of esters is 1. The standard InChI is InChI=1S/C27H30O12/c1-15(4-6-20(26(2,3)34)39-23(31)14-27(35,25(32)33)13-21(28)29)8-10-37-24-16-5-7-22(30)38-19(16)12-18-17(24)9-11-36-18/h5,7-9,11-12,20,34-35H,4,6,10,13-14H2,1-3H3,(H,28,29)(H,32,33). The van der Waals surface area contributed by atoms with Crippen molar-refractivity contribution in [1.29, 1.82) is 0 Å². The summed E-state index contributed by atoms with van der Waals surface area (Å²) in [6.07, 6.45) is 0.402. The number of ether oxygens (including phenoxy) is 2. The van der Waals surface area contributed by atoms with Gasteiger partial charge in [-0.05, 0) is 51.8 Å². The quantitative estimate of drug-likeness (QED) is 0.139. The van der Waals surface area contributed by atoms with Crippen molar-refractivity contribution in [1.82, 2.24) is 0 Å². The second-order valence-corrected chi connectivity index (χ2v) is 9.82. The van der Waals surface area contributed by atoms with Crippen LogP contribution in [0.3, 0.4) is 0 Å². The second kappa shape index (κ2) is 11.7. The van der Waals surface area contributed by atoms with Crippen LogP contribution in [-0.2, 0) is 19.1 Å². The lowest BCUT2D eigenvalue weighted by Crippen LogP contribution is -2.45. The predicted molar refractivity (Wildman–Crippen MR) is 136 cm³/mol. The number of fused-ring (bicyclic) bond motifs is 2. The first-order chi connectivity index (χ1) is 18.2. The fourth-order valence-corrected chi connectivity index (χ4v) is 3.95. The average molecular weight is 547 g/mol. The molecule has 0 saturated heterocycles. The van der Waals surface area contributed by atoms with Crippen molar-refractivity contribution in [2.45, 2.75) is 63.8 Å². The number of hydrogen-bond donors (Lipinski definition) is 4. The molecule has 2 unspecified atom stereocenters. The van der Waals surface area contributed by atoms with Crippen molar-refractivity contribution < 1.29 is 53.1 Å². The van der Waals surface area contributed by atoms with E-state index in [9.17, 15) is 29.4 Å². The number of furan rings is 1. The van der Waals surface area contributed by atoms with Gasteiger partial charge in [0.15, 0.2) is 5.60 Å². The van der Waals surface area contributed by atoms with Gasteiger partial charge in [-0.1, -0.05) is 5.57 Å². The number of aliphatic carboxylic acids is 2. The Hall–Kier alpha value is -4.16. The molecule has 2 heterocycles. The van der Waals surface area contributed by atoms with Crippen LogP contribution in [0, 0.1) is 0 Å². The summed E-state index contributed by atoms with van der Waals surface area (Å²) in [6.45, 7) is 4.75. The first-order valence-electron chi connectivity index (χ1n) is 12.0. The van der Waals surface area contributed by atoms with E-state index < -0.39 is 53.7 Å². The number of rotatable bonds is 13. The summed E-state index contributed by atoms with van der Waals surface area (Å²) in [5.41, 5.74) is -3.24. The number of benzene rings is 1. The van der Waals surface area contributed by atoms with Gasteiger partial charge >= 0.3 is 23.5 Å². The van der Waals surface area contributed by atoms with E-state index in [1.165, 1.54) is 26.2 Å². The van der Waals surface area contributed by atoms with E-state index in [1.54, 1.807) is 31.2 Å². The van der Waals surface area contributed by atoms with E-state index in [-0.39, 0.29) is 13.0 Å². The Bertz CT molecular complexity index is 1450. The minimum atomic E-state index is -2.84. The van der Waals surface area contributed by atoms with Gasteiger partial charge in [0, 0.05) is 12.1 Å². The van der Waals surface area contributed by atoms with Crippen LogP contribution in [0.25, 0.3) is 21.9 Å². The molecule has 0 radical (unpaired) electrons. The zero-order chi connectivity index (χ0) is 29.0. The summed E-state index contributed by atoms with van der Waals surface area (Å²) < 4.78 is 21.9. The van der Waals surface area contributed by atoms with Crippen LogP contribution in [0.15, 0.2) is 55.8 Å². The molecule has 0 fully saturated rings. The van der Waals surface area contributed by atoms with Crippen LogP contribution >= 0.6 is 0 Å². The Morgan fingerprint density at radius 1 is 1.05 bits per heavy atom. The number of carboxylic acid groups (broad SMARTS) is 2. The monoisotopic (exact) mass is 546 g/mol. The Kier molecular flexibility index (Phi) is 8.82. The Balaban J connectivity index is 1.66. The third kappa shape index (κ3) is 7.45. The zero-order valence-electron chi connectivity index (χ0n) is 21.6. The number of carboxylic acids is 2. The SMILES string of the molecule is CC(=CCOc1c2ccoc2cc2oc(=O)ccc12)CCC(OC(=O)CC(O)(CC(=O)O)C(=O)O)C(C)(C)O. The molecule has 3 aromatic rings. The molecule has 210 valence electrons. The van der Waals surface area contributed by atoms with Crippen molar-refractivity contribution in [2.75, 3.05) is 6.61 Å². The average Bonchev–Trinajstić information content (AvgIpc) is 3.28. The molecule has 39 heavy (non-hydrogen) atoms. The van der Waals surface area contributed by atoms with E-state index in [1.807, 2.05) is 0 Å². The van der Waals surface area contributed by atoms with Crippen molar-refractivity contribution in [3.05, 3.63) is 52.6 Å². The normalized spacial score (nSPS) is 14.6. The summed E-state index contributed by atoms with van der Waals surface area (Å²) in [5, 5.41) is 39.9. The molecule has 3 rings (SSSR count). The molecule has 0 amide bonds. The molecule has 0 aliphatic carbocycles. The number of carbonyl (C=O) groups excluding carboxylic acids is 1. The van der Waals surface area contributed by atoms with Crippen molar-refractivity contribution in [3.63, 3.8) is 0 Å². The fourth-order valence-electron chi connectivity index (χ4n) is 3.95. The Morgan fingerprint density at radius 3 is 2.38 bits per heavy atom. The Labute approximate surface area is 222 Å². The smallest absolute Gasteiger partial charge is 0.336 e. The molecular formula is C27H30O12. The van der Waals surface area contributed by atoms with Crippen LogP contribution in [0.2, 0.25) is 0 Å². The molecule has 12 nitrogen and oxygen atoms in total. The summed E-state index contributed by atoms with van der Waals surface area (Å²) in [4.78, 5) is 46.2. The number of carbonyl (C=O) groups is 3. The van der Waals surface area contributed by atoms with E-state index in [4.69, 9.17) is 28.5 Å². The van der Waals surface area contributed by atoms with Gasteiger partial charge in [0.2, 0.25) is 0 Å². The van der Waals surface area contributed by atoms with Crippen LogP contribution in [0.4, 0.5) is 0 Å². The van der Waals surface area contributed by atoms with E-state index in [2.05, 4.69) is 0 Å². The number of hydrogen-bond acceptors (Lipinski definition) is 10. The number of allylic oxidation sites excluding steroid dienone is 1. The molecule has 12 heteroatoms. The highest BCUT2D eigenvalue weighted by Gasteiger charge is 2.42. The molecule has 0 bridgehead atoms. The molecule has 2 aromatic heterocycles. The highest BCUT2D eigenvalue weighted by atomic mass is 16.6. The molecule has 0 aliphatic heterocycles. The van der Waals surface area contributed by atoms with Gasteiger partial charge < -0.3 is 38.7 Å². The van der Waals surface area contributed by atoms with Gasteiger partial charge in [-0.2, -0.15) is 0 Å². The topological polar surface area (TPSA) is 194 Å². The third-order valence-electron chi connectivity index (χ3n) is 6.11. The highest BCUT2D eigenvalue weighted by Crippen LogP contribution is 2.35. The molecule has 2 atom stereocenters. The van der Waals surface area contributed by atoms with Crippen LogP contribution in [0.5, 0.6) is 5.75 Å². The van der Waals surface area contributed by atoms with Crippen LogP contribution in [0.1, 0.15) is 46.5 Å². The maximum atomic E-state index is 12.4. The first kappa shape index (κ1) is 29.4. The van der Waals surface area contributed by atoms with Gasteiger partial charge in [0.05, 0.1) is 35.5 Å². The molecular weight excluding hydrogens is 516 g/mol. The summed E-state index contributed by atoms with van der Waals surface area (Å²) >= 11 is 0. The van der Waals surface area contributed by atoms with E-state index in [0.29, 0.717) is 34.1 Å². The van der Waals surface area contributed by atoms with Crippen molar-refractivity contribution >= 4 is 39.8 Å². The largest absolute Gasteiger partial charge is 0.488 e. The minimum Gasteiger partial charge on any atom is -0.488 e. The number of aliphatic hydroxyl groups is 2. The van der Waals surface area contributed by atoms with Gasteiger partial charge in [0.25, 0.3) is 0 Å². The molecule has 0 spiro atoms. The maximum Gasteiger partial charge on any atom is 0.336 e. The van der Waals surface area contributed by atoms with Gasteiger partial charge in [-0.25, -0.2) is 9.59 Å². The summed E-state index contributed by atoms with van der Waals surface area (Å²) in [7, 11) is 0. The van der Waals surface area contributed by atoms with Crippen LogP contribution < -0.4 is 10.4 Å². The van der Waals surface area contributed by atoms with E-state index in [0.717, 1.165) is 5.57 Å². The highest BCUT2D eigenvalue weighted by molar-refractivity contribution is 6.01. The van der Waals surface area contributed by atoms with Gasteiger partial charge in [-0.3, -0.25) is 9.59 Å². The molecule has 0 saturated carbocycles. The molecule has 1 aromatic carbocycles. The minimum absolute atomic E-state index is 0.137. The lowest BCUT2D eigenvalue weighted by Gasteiger charge is -2.30. The van der Waals surface area contributed by atoms with Crippen molar-refractivity contribution in [3.8, 4) is 5.75 Å². The van der Waals surface area contributed by atoms with Crippen LogP contribution in [-0.4, -0.2) is 62.2 Å². The summed E-state index contributed by atoms with van der Waals surface area (Å²) in [6, 6.07) is 6.23. The van der Waals surface area contributed by atoms with Gasteiger partial charge in [0.1, 0.15) is 29.6 Å². The predicted octanol–water partition coefficient (Wildman–Crippen LogP) is 3.01. The van der Waals surface area contributed by atoms with E-state index >= 15 is 0 Å². The van der Waals surface area contributed by atoms with Gasteiger partial charge in [-0.15, -0.1) is 0 Å². The summed E-state index contributed by atoms with van der Waals surface area (Å²) in [5.74, 6) is -4.16. The van der Waals surface area contributed by atoms with Crippen molar-refractivity contribution in [2.24, 2.45) is 0 Å². The lowest BCUT2D eigenvalue weighted by atomic mass is 9.94. The molecule has 0 aliphatic rings. The first-order valence-corrected chi connectivity index (χ1v) is 12.0. The third-order valence-corrected chi connectivity index (χ3v) is 6.11. The Morgan fingerprint density at radius 2 is 1.74 bits per heavy atom. The maximum absolute atomic E-state index is 12.4. The fraction of sp³-hybridized carbons (Fsp3) is 0.407.